The zero-order valence-electron chi connectivity index (χ0n) is 13.0. The summed E-state index contributed by atoms with van der Waals surface area (Å²) in [6.07, 6.45) is 0. The summed E-state index contributed by atoms with van der Waals surface area (Å²) >= 11 is 0. The fourth-order valence-corrected chi connectivity index (χ4v) is 2.33. The minimum absolute atomic E-state index is 0.657. The third kappa shape index (κ3) is 3.40. The van der Waals surface area contributed by atoms with Gasteiger partial charge in [-0.3, -0.25) is 0 Å². The molecule has 4 heteroatoms. The number of nitrogens with two attached hydrogens (primary N) is 1. The van der Waals surface area contributed by atoms with Crippen molar-refractivity contribution in [1.82, 2.24) is 0 Å². The molecule has 0 saturated heterocycles. The van der Waals surface area contributed by atoms with E-state index in [-0.39, 0.29) is 0 Å². The Morgan fingerprint density at radius 1 is 1.05 bits per heavy atom. The standard InChI is InChI=1S/C17H22N2O2/c1-12-5-7-15(8-6-12)19(2)11-13-9-14(18)10-16(20-3)17(13)21-4/h5-10H,11,18H2,1-4H3. The number of nitrogen functional groups attached to an aromatic ring is 1. The summed E-state index contributed by atoms with van der Waals surface area (Å²) in [6.45, 7) is 2.77. The van der Waals surface area contributed by atoms with Crippen LogP contribution in [0.5, 0.6) is 11.5 Å². The predicted octanol–water partition coefficient (Wildman–Crippen LogP) is 3.23. The van der Waals surface area contributed by atoms with Crippen LogP contribution in [0, 0.1) is 6.92 Å². The summed E-state index contributed by atoms with van der Waals surface area (Å²) in [6, 6.07) is 12.1. The second kappa shape index (κ2) is 6.39. The van der Waals surface area contributed by atoms with Crippen LogP contribution in [0.2, 0.25) is 0 Å². The first-order chi connectivity index (χ1) is 10.0. The van der Waals surface area contributed by atoms with Gasteiger partial charge in [-0.15, -0.1) is 0 Å². The Morgan fingerprint density at radius 3 is 2.29 bits per heavy atom. The summed E-state index contributed by atoms with van der Waals surface area (Å²) in [5.74, 6) is 1.38. The highest BCUT2D eigenvalue weighted by Crippen LogP contribution is 2.34. The van der Waals surface area contributed by atoms with E-state index in [1.165, 1.54) is 5.56 Å². The molecule has 0 saturated carbocycles. The van der Waals surface area contributed by atoms with Gasteiger partial charge in [-0.25, -0.2) is 0 Å². The normalized spacial score (nSPS) is 10.3. The van der Waals surface area contributed by atoms with Crippen molar-refractivity contribution in [2.24, 2.45) is 0 Å². The number of anilines is 2. The molecule has 0 aromatic heterocycles. The van der Waals surface area contributed by atoms with Crippen LogP contribution in [0.15, 0.2) is 36.4 Å². The molecular formula is C17H22N2O2. The number of hydrogen-bond donors (Lipinski definition) is 1. The van der Waals surface area contributed by atoms with Crippen LogP contribution < -0.4 is 20.1 Å². The number of hydrogen-bond acceptors (Lipinski definition) is 4. The van der Waals surface area contributed by atoms with Crippen LogP contribution in [0.25, 0.3) is 0 Å². The summed E-state index contributed by atoms with van der Waals surface area (Å²) in [4.78, 5) is 2.15. The lowest BCUT2D eigenvalue weighted by molar-refractivity contribution is 0.352. The van der Waals surface area contributed by atoms with E-state index >= 15 is 0 Å². The summed E-state index contributed by atoms with van der Waals surface area (Å²) in [5.41, 5.74) is 9.99. The molecule has 0 atom stereocenters. The van der Waals surface area contributed by atoms with E-state index < -0.39 is 0 Å². The molecule has 2 aromatic rings. The minimum atomic E-state index is 0.657. The maximum atomic E-state index is 5.94. The van der Waals surface area contributed by atoms with Gasteiger partial charge in [0.2, 0.25) is 0 Å². The van der Waals surface area contributed by atoms with E-state index in [4.69, 9.17) is 15.2 Å². The fourth-order valence-electron chi connectivity index (χ4n) is 2.33. The first-order valence-electron chi connectivity index (χ1n) is 6.83. The van der Waals surface area contributed by atoms with Crippen molar-refractivity contribution >= 4 is 11.4 Å². The lowest BCUT2D eigenvalue weighted by atomic mass is 10.1. The Bertz CT molecular complexity index is 609. The molecule has 2 aromatic carbocycles. The van der Waals surface area contributed by atoms with Crippen molar-refractivity contribution < 1.29 is 9.47 Å². The molecular weight excluding hydrogens is 264 g/mol. The number of ether oxygens (including phenoxy) is 2. The Balaban J connectivity index is 2.30. The van der Waals surface area contributed by atoms with Crippen molar-refractivity contribution in [3.05, 3.63) is 47.5 Å². The van der Waals surface area contributed by atoms with Gasteiger partial charge in [-0.1, -0.05) is 17.7 Å². The van der Waals surface area contributed by atoms with Crippen molar-refractivity contribution in [1.29, 1.82) is 0 Å². The Hall–Kier alpha value is -2.36. The average Bonchev–Trinajstić information content (AvgIpc) is 2.47. The van der Waals surface area contributed by atoms with Gasteiger partial charge in [0.25, 0.3) is 0 Å². The average molecular weight is 286 g/mol. The summed E-state index contributed by atoms with van der Waals surface area (Å²) in [7, 11) is 5.30. The van der Waals surface area contributed by atoms with Gasteiger partial charge in [0.1, 0.15) is 0 Å². The largest absolute Gasteiger partial charge is 0.493 e. The minimum Gasteiger partial charge on any atom is -0.493 e. The lowest BCUT2D eigenvalue weighted by Crippen LogP contribution is -2.17. The molecule has 0 amide bonds. The molecule has 0 radical (unpaired) electrons. The van der Waals surface area contributed by atoms with Gasteiger partial charge in [0, 0.05) is 36.6 Å². The number of benzene rings is 2. The van der Waals surface area contributed by atoms with E-state index in [1.54, 1.807) is 20.3 Å². The van der Waals surface area contributed by atoms with Crippen molar-refractivity contribution in [2.75, 3.05) is 31.9 Å². The van der Waals surface area contributed by atoms with Crippen LogP contribution in [0.1, 0.15) is 11.1 Å². The van der Waals surface area contributed by atoms with Crippen molar-refractivity contribution in [3.63, 3.8) is 0 Å². The molecule has 4 nitrogen and oxygen atoms in total. The maximum Gasteiger partial charge on any atom is 0.165 e. The number of methoxy groups -OCH3 is 2. The summed E-state index contributed by atoms with van der Waals surface area (Å²) < 4.78 is 10.8. The molecule has 112 valence electrons. The molecule has 0 heterocycles. The highest BCUT2D eigenvalue weighted by atomic mass is 16.5. The van der Waals surface area contributed by atoms with Crippen LogP contribution in [0.4, 0.5) is 11.4 Å². The first-order valence-corrected chi connectivity index (χ1v) is 6.83. The number of aryl methyl sites for hydroxylation is 1. The van der Waals surface area contributed by atoms with E-state index in [9.17, 15) is 0 Å². The smallest absolute Gasteiger partial charge is 0.165 e. The predicted molar refractivity (Wildman–Crippen MR) is 87.2 cm³/mol. The van der Waals surface area contributed by atoms with Gasteiger partial charge >= 0.3 is 0 Å². The quantitative estimate of drug-likeness (QED) is 0.857. The molecule has 21 heavy (non-hydrogen) atoms. The van der Waals surface area contributed by atoms with Crippen molar-refractivity contribution in [2.45, 2.75) is 13.5 Å². The zero-order valence-corrected chi connectivity index (χ0v) is 13.0. The second-order valence-electron chi connectivity index (χ2n) is 5.11. The van der Waals surface area contributed by atoms with Crippen LogP contribution in [-0.4, -0.2) is 21.3 Å². The van der Waals surface area contributed by atoms with Crippen LogP contribution in [0.3, 0.4) is 0 Å². The molecule has 0 spiro atoms. The highest BCUT2D eigenvalue weighted by Gasteiger charge is 2.13. The van der Waals surface area contributed by atoms with E-state index in [0.717, 1.165) is 17.0 Å². The van der Waals surface area contributed by atoms with Crippen molar-refractivity contribution in [3.8, 4) is 11.5 Å². The Kier molecular flexibility index (Phi) is 4.58. The van der Waals surface area contributed by atoms with E-state index in [0.29, 0.717) is 18.0 Å². The van der Waals surface area contributed by atoms with E-state index in [1.807, 2.05) is 13.1 Å². The van der Waals surface area contributed by atoms with Gasteiger partial charge < -0.3 is 20.1 Å². The maximum absolute atomic E-state index is 5.94. The molecule has 0 aliphatic rings. The van der Waals surface area contributed by atoms with Crippen LogP contribution >= 0.6 is 0 Å². The third-order valence-corrected chi connectivity index (χ3v) is 3.46. The number of rotatable bonds is 5. The van der Waals surface area contributed by atoms with Gasteiger partial charge in [-0.05, 0) is 25.1 Å². The van der Waals surface area contributed by atoms with Gasteiger partial charge in [0.05, 0.1) is 14.2 Å². The topological polar surface area (TPSA) is 47.7 Å². The molecule has 2 N–H and O–H groups in total. The number of nitrogens with zero attached hydrogens (tertiary/aromatic N) is 1. The lowest BCUT2D eigenvalue weighted by Gasteiger charge is -2.22. The highest BCUT2D eigenvalue weighted by molar-refractivity contribution is 5.58. The molecule has 0 aliphatic heterocycles. The fraction of sp³-hybridized carbons (Fsp3) is 0.294. The monoisotopic (exact) mass is 286 g/mol. The molecule has 2 rings (SSSR count). The Morgan fingerprint density at radius 2 is 1.71 bits per heavy atom. The molecule has 0 bridgehead atoms. The first kappa shape index (κ1) is 15.0. The Labute approximate surface area is 126 Å². The molecule has 0 unspecified atom stereocenters. The van der Waals surface area contributed by atoms with Crippen LogP contribution in [-0.2, 0) is 6.54 Å². The third-order valence-electron chi connectivity index (χ3n) is 3.46. The van der Waals surface area contributed by atoms with Gasteiger partial charge in [-0.2, -0.15) is 0 Å². The second-order valence-corrected chi connectivity index (χ2v) is 5.11. The zero-order chi connectivity index (χ0) is 15.4. The summed E-state index contributed by atoms with van der Waals surface area (Å²) in [5, 5.41) is 0. The van der Waals surface area contributed by atoms with Gasteiger partial charge in [0.15, 0.2) is 11.5 Å². The molecule has 0 fully saturated rings. The SMILES string of the molecule is COc1cc(N)cc(CN(C)c2ccc(C)cc2)c1OC. The van der Waals surface area contributed by atoms with E-state index in [2.05, 4.69) is 36.1 Å². The molecule has 0 aliphatic carbocycles.